The third-order valence-electron chi connectivity index (χ3n) is 2.98. The van der Waals surface area contributed by atoms with Gasteiger partial charge in [-0.15, -0.1) is 0 Å². The van der Waals surface area contributed by atoms with Gasteiger partial charge in [-0.2, -0.15) is 0 Å². The van der Waals surface area contributed by atoms with E-state index in [-0.39, 0.29) is 5.91 Å². The van der Waals surface area contributed by atoms with Crippen molar-refractivity contribution < 1.29 is 4.79 Å². The molecule has 4 nitrogen and oxygen atoms in total. The molecule has 0 aliphatic heterocycles. The zero-order valence-corrected chi connectivity index (χ0v) is 11.1. The zero-order valence-electron chi connectivity index (χ0n) is 11.1. The van der Waals surface area contributed by atoms with Gasteiger partial charge in [0.05, 0.1) is 0 Å². The van der Waals surface area contributed by atoms with Crippen molar-refractivity contribution in [2.75, 3.05) is 13.1 Å². The lowest BCUT2D eigenvalue weighted by atomic mass is 10.0. The highest BCUT2D eigenvalue weighted by atomic mass is 16.1. The van der Waals surface area contributed by atoms with Crippen LogP contribution in [0.1, 0.15) is 31.7 Å². The molecule has 0 saturated heterocycles. The Bertz CT molecular complexity index is 340. The maximum absolute atomic E-state index is 11.6. The molecule has 0 saturated carbocycles. The maximum atomic E-state index is 11.6. The van der Waals surface area contributed by atoms with E-state index < -0.39 is 0 Å². The second kappa shape index (κ2) is 8.64. The monoisotopic (exact) mass is 249 g/mol. The van der Waals surface area contributed by atoms with Gasteiger partial charge in [0.15, 0.2) is 0 Å². The van der Waals surface area contributed by atoms with Crippen LogP contribution in [-0.4, -0.2) is 24.0 Å². The Morgan fingerprint density at radius 2 is 2.33 bits per heavy atom. The predicted molar refractivity (Wildman–Crippen MR) is 73.0 cm³/mol. The van der Waals surface area contributed by atoms with Gasteiger partial charge in [-0.3, -0.25) is 9.78 Å². The summed E-state index contributed by atoms with van der Waals surface area (Å²) in [5, 5.41) is 2.93. The molecule has 0 aliphatic carbocycles. The Labute approximate surface area is 109 Å². The van der Waals surface area contributed by atoms with Crippen LogP contribution in [0.15, 0.2) is 24.5 Å². The summed E-state index contributed by atoms with van der Waals surface area (Å²) in [4.78, 5) is 15.6. The van der Waals surface area contributed by atoms with Crippen LogP contribution in [0.2, 0.25) is 0 Å². The van der Waals surface area contributed by atoms with Gasteiger partial charge in [0.2, 0.25) is 5.91 Å². The highest BCUT2D eigenvalue weighted by Gasteiger charge is 2.05. The van der Waals surface area contributed by atoms with Crippen LogP contribution in [0.3, 0.4) is 0 Å². The molecule has 0 spiro atoms. The molecule has 1 aromatic heterocycles. The van der Waals surface area contributed by atoms with Gasteiger partial charge >= 0.3 is 0 Å². The first-order valence-corrected chi connectivity index (χ1v) is 6.58. The molecule has 100 valence electrons. The first-order chi connectivity index (χ1) is 8.72. The van der Waals surface area contributed by atoms with Crippen LogP contribution in [0, 0.1) is 5.92 Å². The number of nitrogens with zero attached hydrogens (tertiary/aromatic N) is 1. The Morgan fingerprint density at radius 1 is 1.50 bits per heavy atom. The fraction of sp³-hybridized carbons (Fsp3) is 0.571. The molecule has 1 unspecified atom stereocenters. The normalized spacial score (nSPS) is 12.1. The summed E-state index contributed by atoms with van der Waals surface area (Å²) in [6, 6.07) is 3.92. The number of carbonyl (C=O) groups is 1. The van der Waals surface area contributed by atoms with Crippen molar-refractivity contribution in [3.63, 3.8) is 0 Å². The van der Waals surface area contributed by atoms with E-state index >= 15 is 0 Å². The van der Waals surface area contributed by atoms with Crippen molar-refractivity contribution in [3.8, 4) is 0 Å². The first-order valence-electron chi connectivity index (χ1n) is 6.58. The third-order valence-corrected chi connectivity index (χ3v) is 2.98. The molecule has 0 aromatic carbocycles. The summed E-state index contributed by atoms with van der Waals surface area (Å²) in [6.45, 7) is 3.51. The average molecular weight is 249 g/mol. The summed E-state index contributed by atoms with van der Waals surface area (Å²) >= 11 is 0. The standard InChI is InChI=1S/C14H23N3O/c1-12(6-8-15)4-5-14(18)17-10-7-13-3-2-9-16-11-13/h2-3,9,11-12H,4-8,10,15H2,1H3,(H,17,18). The smallest absolute Gasteiger partial charge is 0.220 e. The molecule has 1 heterocycles. The highest BCUT2D eigenvalue weighted by molar-refractivity contribution is 5.75. The van der Waals surface area contributed by atoms with E-state index in [1.165, 1.54) is 0 Å². The quantitative estimate of drug-likeness (QED) is 0.733. The van der Waals surface area contributed by atoms with E-state index in [4.69, 9.17) is 5.73 Å². The van der Waals surface area contributed by atoms with Gasteiger partial charge in [-0.05, 0) is 43.4 Å². The third kappa shape index (κ3) is 6.35. The number of carbonyl (C=O) groups excluding carboxylic acids is 1. The minimum atomic E-state index is 0.128. The van der Waals surface area contributed by atoms with E-state index in [1.807, 2.05) is 18.3 Å². The van der Waals surface area contributed by atoms with Crippen molar-refractivity contribution in [2.24, 2.45) is 11.7 Å². The van der Waals surface area contributed by atoms with Crippen molar-refractivity contribution in [1.82, 2.24) is 10.3 Å². The number of rotatable bonds is 8. The fourth-order valence-electron chi connectivity index (χ4n) is 1.79. The van der Waals surface area contributed by atoms with Crippen LogP contribution in [0.4, 0.5) is 0 Å². The zero-order chi connectivity index (χ0) is 13.2. The topological polar surface area (TPSA) is 68.0 Å². The van der Waals surface area contributed by atoms with Crippen LogP contribution in [0.5, 0.6) is 0 Å². The van der Waals surface area contributed by atoms with E-state index in [2.05, 4.69) is 17.2 Å². The Balaban J connectivity index is 2.10. The van der Waals surface area contributed by atoms with E-state index in [0.29, 0.717) is 25.4 Å². The number of nitrogens with two attached hydrogens (primary N) is 1. The number of nitrogens with one attached hydrogen (secondary N) is 1. The van der Waals surface area contributed by atoms with Gasteiger partial charge in [-0.25, -0.2) is 0 Å². The second-order valence-electron chi connectivity index (χ2n) is 4.68. The average Bonchev–Trinajstić information content (AvgIpc) is 2.38. The van der Waals surface area contributed by atoms with Crippen LogP contribution >= 0.6 is 0 Å². The van der Waals surface area contributed by atoms with Gasteiger partial charge in [0.25, 0.3) is 0 Å². The van der Waals surface area contributed by atoms with E-state index in [0.717, 1.165) is 24.8 Å². The number of amides is 1. The molecule has 1 aromatic rings. The summed E-state index contributed by atoms with van der Waals surface area (Å²) < 4.78 is 0. The van der Waals surface area contributed by atoms with Crippen molar-refractivity contribution in [3.05, 3.63) is 30.1 Å². The van der Waals surface area contributed by atoms with Gasteiger partial charge in [-0.1, -0.05) is 13.0 Å². The summed E-state index contributed by atoms with van der Waals surface area (Å²) in [5.41, 5.74) is 6.62. The molecule has 1 amide bonds. The number of pyridine rings is 1. The fourth-order valence-corrected chi connectivity index (χ4v) is 1.79. The second-order valence-corrected chi connectivity index (χ2v) is 4.68. The van der Waals surface area contributed by atoms with Crippen molar-refractivity contribution in [1.29, 1.82) is 0 Å². The van der Waals surface area contributed by atoms with Crippen LogP contribution in [-0.2, 0) is 11.2 Å². The Kier molecular flexibility index (Phi) is 7.03. The lowest BCUT2D eigenvalue weighted by Gasteiger charge is -2.09. The first kappa shape index (κ1) is 14.6. The predicted octanol–water partition coefficient (Wildman–Crippen LogP) is 1.51. The SMILES string of the molecule is CC(CCN)CCC(=O)NCCc1cccnc1. The van der Waals surface area contributed by atoms with E-state index in [1.54, 1.807) is 6.20 Å². The summed E-state index contributed by atoms with van der Waals surface area (Å²) in [6.07, 6.45) is 6.90. The lowest BCUT2D eigenvalue weighted by Crippen LogP contribution is -2.26. The number of aromatic nitrogens is 1. The molecule has 4 heteroatoms. The minimum Gasteiger partial charge on any atom is -0.356 e. The van der Waals surface area contributed by atoms with Gasteiger partial charge < -0.3 is 11.1 Å². The molecule has 0 fully saturated rings. The Hall–Kier alpha value is -1.42. The molecule has 1 atom stereocenters. The Morgan fingerprint density at radius 3 is 3.00 bits per heavy atom. The maximum Gasteiger partial charge on any atom is 0.220 e. The summed E-state index contributed by atoms with van der Waals surface area (Å²) in [7, 11) is 0. The molecule has 3 N–H and O–H groups in total. The van der Waals surface area contributed by atoms with E-state index in [9.17, 15) is 4.79 Å². The van der Waals surface area contributed by atoms with Crippen LogP contribution < -0.4 is 11.1 Å². The van der Waals surface area contributed by atoms with Crippen molar-refractivity contribution >= 4 is 5.91 Å². The molecule has 18 heavy (non-hydrogen) atoms. The largest absolute Gasteiger partial charge is 0.356 e. The molecule has 1 rings (SSSR count). The molecule has 0 radical (unpaired) electrons. The highest BCUT2D eigenvalue weighted by Crippen LogP contribution is 2.08. The van der Waals surface area contributed by atoms with Gasteiger partial charge in [0, 0.05) is 25.4 Å². The van der Waals surface area contributed by atoms with Crippen LogP contribution in [0.25, 0.3) is 0 Å². The lowest BCUT2D eigenvalue weighted by molar-refractivity contribution is -0.121. The summed E-state index contributed by atoms with van der Waals surface area (Å²) in [5.74, 6) is 0.654. The number of hydrogen-bond acceptors (Lipinski definition) is 3. The molecule has 0 aliphatic rings. The molecule has 0 bridgehead atoms. The van der Waals surface area contributed by atoms with Gasteiger partial charge in [0.1, 0.15) is 0 Å². The number of hydrogen-bond donors (Lipinski definition) is 2. The molecular formula is C14H23N3O. The minimum absolute atomic E-state index is 0.128. The van der Waals surface area contributed by atoms with Crippen molar-refractivity contribution in [2.45, 2.75) is 32.6 Å². The molecular weight excluding hydrogens is 226 g/mol.